The van der Waals surface area contributed by atoms with E-state index in [1.54, 1.807) is 0 Å². The lowest BCUT2D eigenvalue weighted by Crippen LogP contribution is -2.25. The van der Waals surface area contributed by atoms with Gasteiger partial charge >= 0.3 is 5.97 Å². The van der Waals surface area contributed by atoms with E-state index in [0.717, 1.165) is 41.0 Å². The fourth-order valence-corrected chi connectivity index (χ4v) is 3.50. The number of H-pyrrole nitrogens is 1. The van der Waals surface area contributed by atoms with E-state index in [0.29, 0.717) is 17.2 Å². The van der Waals surface area contributed by atoms with Crippen LogP contribution in [-0.2, 0) is 9.53 Å². The molecule has 2 aromatic rings. The van der Waals surface area contributed by atoms with E-state index < -0.39 is 0 Å². The number of hydrogen-bond acceptors (Lipinski definition) is 4. The third kappa shape index (κ3) is 3.16. The fourth-order valence-electron chi connectivity index (χ4n) is 3.32. The second-order valence-electron chi connectivity index (χ2n) is 6.06. The number of nitrogens with one attached hydrogen (secondary N) is 2. The van der Waals surface area contributed by atoms with Crippen molar-refractivity contribution in [3.05, 3.63) is 57.4 Å². The number of nitrogens with zero attached hydrogens (tertiary/aromatic N) is 1. The normalized spacial score (nSPS) is 16.4. The predicted molar refractivity (Wildman–Crippen MR) is 98.8 cm³/mol. The number of hydrogen-bond donors (Lipinski definition) is 2. The quantitative estimate of drug-likeness (QED) is 0.769. The Hall–Kier alpha value is -2.27. The molecule has 3 rings (SSSR count). The van der Waals surface area contributed by atoms with Gasteiger partial charge in [0, 0.05) is 28.4 Å². The maximum atomic E-state index is 12.8. The van der Waals surface area contributed by atoms with Crippen molar-refractivity contribution in [2.45, 2.75) is 39.5 Å². The van der Waals surface area contributed by atoms with Gasteiger partial charge in [-0.05, 0) is 37.5 Å². The molecular weight excluding hydrogens is 338 g/mol. The number of ether oxygens (including phenoxy) is 1. The third-order valence-electron chi connectivity index (χ3n) is 4.48. The van der Waals surface area contributed by atoms with E-state index >= 15 is 0 Å². The summed E-state index contributed by atoms with van der Waals surface area (Å²) >= 11 is 6.35. The zero-order valence-electron chi connectivity index (χ0n) is 14.6. The number of fused-ring (bicyclic) bond motifs is 1. The predicted octanol–water partition coefficient (Wildman–Crippen LogP) is 4.55. The van der Waals surface area contributed by atoms with E-state index in [4.69, 9.17) is 16.3 Å². The van der Waals surface area contributed by atoms with Crippen molar-refractivity contribution >= 4 is 23.4 Å². The molecule has 1 atom stereocenters. The van der Waals surface area contributed by atoms with Crippen LogP contribution in [0.15, 0.2) is 35.7 Å². The molecule has 1 aromatic heterocycles. The number of allylic oxidation sites excluding steroid dienone is 1. The summed E-state index contributed by atoms with van der Waals surface area (Å²) < 4.78 is 5.37. The minimum absolute atomic E-state index is 0.255. The van der Waals surface area contributed by atoms with E-state index in [2.05, 4.69) is 22.4 Å². The van der Waals surface area contributed by atoms with Crippen molar-refractivity contribution in [2.24, 2.45) is 0 Å². The van der Waals surface area contributed by atoms with Gasteiger partial charge in [0.15, 0.2) is 5.82 Å². The molecule has 0 radical (unpaired) electrons. The Labute approximate surface area is 152 Å². The maximum Gasteiger partial charge on any atom is 0.336 e. The van der Waals surface area contributed by atoms with Crippen LogP contribution in [0.1, 0.15) is 49.3 Å². The van der Waals surface area contributed by atoms with Crippen LogP contribution in [0.25, 0.3) is 0 Å². The number of carbonyl (C=O) groups excluding carboxylic acids is 1. The largest absolute Gasteiger partial charge is 0.463 e. The van der Waals surface area contributed by atoms with Crippen LogP contribution < -0.4 is 5.32 Å². The number of rotatable bonds is 5. The summed E-state index contributed by atoms with van der Waals surface area (Å²) in [5.74, 6) is 0.199. The summed E-state index contributed by atoms with van der Waals surface area (Å²) in [4.78, 5) is 12.8. The highest BCUT2D eigenvalue weighted by atomic mass is 35.5. The number of anilines is 1. The zero-order chi connectivity index (χ0) is 18.0. The van der Waals surface area contributed by atoms with Gasteiger partial charge in [0.25, 0.3) is 0 Å². The smallest absolute Gasteiger partial charge is 0.336 e. The third-order valence-corrected chi connectivity index (χ3v) is 4.89. The second-order valence-corrected chi connectivity index (χ2v) is 6.47. The molecule has 2 N–H and O–H groups in total. The molecule has 1 aromatic carbocycles. The van der Waals surface area contributed by atoms with Gasteiger partial charge in [-0.25, -0.2) is 4.79 Å². The van der Waals surface area contributed by atoms with Crippen LogP contribution in [-0.4, -0.2) is 22.8 Å². The highest BCUT2D eigenvalue weighted by Gasteiger charge is 2.36. The SMILES string of the molecule is CCCC1=C(C(=O)OCC)C(c2cccc(Cl)c2C)c2c[nH]nc2N1. The highest BCUT2D eigenvalue weighted by Crippen LogP contribution is 2.44. The maximum absolute atomic E-state index is 12.8. The van der Waals surface area contributed by atoms with Gasteiger partial charge in [-0.15, -0.1) is 0 Å². The average Bonchev–Trinajstić information content (AvgIpc) is 3.05. The lowest BCUT2D eigenvalue weighted by atomic mass is 9.80. The van der Waals surface area contributed by atoms with Crippen molar-refractivity contribution in [1.29, 1.82) is 0 Å². The first-order valence-electron chi connectivity index (χ1n) is 8.54. The van der Waals surface area contributed by atoms with Crippen LogP contribution in [0.4, 0.5) is 5.82 Å². The summed E-state index contributed by atoms with van der Waals surface area (Å²) in [7, 11) is 0. The van der Waals surface area contributed by atoms with Crippen molar-refractivity contribution < 1.29 is 9.53 Å². The lowest BCUT2D eigenvalue weighted by molar-refractivity contribution is -0.138. The van der Waals surface area contributed by atoms with Crippen molar-refractivity contribution in [1.82, 2.24) is 10.2 Å². The molecule has 0 aliphatic carbocycles. The number of benzene rings is 1. The van der Waals surface area contributed by atoms with Crippen LogP contribution in [0.3, 0.4) is 0 Å². The summed E-state index contributed by atoms with van der Waals surface area (Å²) in [6, 6.07) is 5.78. The molecule has 2 heterocycles. The zero-order valence-corrected chi connectivity index (χ0v) is 15.4. The number of carbonyl (C=O) groups is 1. The lowest BCUT2D eigenvalue weighted by Gasteiger charge is -2.29. The van der Waals surface area contributed by atoms with E-state index in [9.17, 15) is 4.79 Å². The van der Waals surface area contributed by atoms with Crippen molar-refractivity contribution in [3.8, 4) is 0 Å². The Morgan fingerprint density at radius 3 is 2.84 bits per heavy atom. The Morgan fingerprint density at radius 2 is 2.12 bits per heavy atom. The molecule has 0 bridgehead atoms. The molecule has 5 nitrogen and oxygen atoms in total. The Balaban J connectivity index is 2.23. The molecule has 0 spiro atoms. The van der Waals surface area contributed by atoms with Gasteiger partial charge in [0.05, 0.1) is 12.2 Å². The molecule has 0 amide bonds. The summed E-state index contributed by atoms with van der Waals surface area (Å²) in [6.07, 6.45) is 3.48. The Kier molecular flexibility index (Phi) is 5.13. The minimum Gasteiger partial charge on any atom is -0.463 e. The van der Waals surface area contributed by atoms with Crippen LogP contribution in [0.5, 0.6) is 0 Å². The first-order valence-corrected chi connectivity index (χ1v) is 8.92. The van der Waals surface area contributed by atoms with Crippen LogP contribution in [0.2, 0.25) is 5.02 Å². The number of aromatic nitrogens is 2. The van der Waals surface area contributed by atoms with Crippen LogP contribution >= 0.6 is 11.6 Å². The van der Waals surface area contributed by atoms with E-state index in [1.807, 2.05) is 38.2 Å². The Bertz CT molecular complexity index is 826. The number of halogens is 1. The molecule has 132 valence electrons. The van der Waals surface area contributed by atoms with Crippen molar-refractivity contribution in [3.63, 3.8) is 0 Å². The standard InChI is InChI=1S/C19H22ClN3O2/c1-4-7-15-17(19(24)25-5-2)16(13-10-21-23-18(13)22-15)12-8-6-9-14(20)11(12)3/h6,8-10,16H,4-5,7H2,1-3H3,(H2,21,22,23). The van der Waals surface area contributed by atoms with E-state index in [1.165, 1.54) is 0 Å². The topological polar surface area (TPSA) is 67.0 Å². The molecule has 0 fully saturated rings. The fraction of sp³-hybridized carbons (Fsp3) is 0.368. The van der Waals surface area contributed by atoms with Gasteiger partial charge in [-0.1, -0.05) is 37.1 Å². The summed E-state index contributed by atoms with van der Waals surface area (Å²) in [5.41, 5.74) is 4.38. The molecule has 6 heteroatoms. The van der Waals surface area contributed by atoms with Crippen molar-refractivity contribution in [2.75, 3.05) is 11.9 Å². The monoisotopic (exact) mass is 359 g/mol. The second kappa shape index (κ2) is 7.31. The van der Waals surface area contributed by atoms with Gasteiger partial charge in [0.2, 0.25) is 0 Å². The number of aromatic amines is 1. The molecule has 1 aliphatic rings. The summed E-state index contributed by atoms with van der Waals surface area (Å²) in [5, 5.41) is 11.2. The molecule has 1 unspecified atom stereocenters. The molecule has 1 aliphatic heterocycles. The summed E-state index contributed by atoms with van der Waals surface area (Å²) in [6.45, 7) is 6.21. The molecule has 0 saturated heterocycles. The average molecular weight is 360 g/mol. The van der Waals surface area contributed by atoms with Gasteiger partial charge < -0.3 is 10.1 Å². The molecule has 0 saturated carbocycles. The number of esters is 1. The molecular formula is C19H22ClN3O2. The van der Waals surface area contributed by atoms with Gasteiger partial charge in [-0.3, -0.25) is 5.10 Å². The van der Waals surface area contributed by atoms with Gasteiger partial charge in [-0.2, -0.15) is 5.10 Å². The first kappa shape index (κ1) is 17.5. The highest BCUT2D eigenvalue weighted by molar-refractivity contribution is 6.31. The Morgan fingerprint density at radius 1 is 1.32 bits per heavy atom. The molecule has 25 heavy (non-hydrogen) atoms. The van der Waals surface area contributed by atoms with Gasteiger partial charge in [0.1, 0.15) is 0 Å². The van der Waals surface area contributed by atoms with E-state index in [-0.39, 0.29) is 11.9 Å². The minimum atomic E-state index is -0.297. The van der Waals surface area contributed by atoms with Crippen LogP contribution in [0, 0.1) is 6.92 Å². The first-order chi connectivity index (χ1) is 12.1.